The van der Waals surface area contributed by atoms with E-state index < -0.39 is 0 Å². The van der Waals surface area contributed by atoms with Crippen LogP contribution >= 0.6 is 0 Å². The molecule has 0 saturated heterocycles. The van der Waals surface area contributed by atoms with Gasteiger partial charge in [0, 0.05) is 47.7 Å². The van der Waals surface area contributed by atoms with E-state index in [4.69, 9.17) is 9.84 Å². The average Bonchev–Trinajstić information content (AvgIpc) is 3.51. The summed E-state index contributed by atoms with van der Waals surface area (Å²) in [5.74, 6) is 0.630. The molecule has 2 N–H and O–H groups in total. The van der Waals surface area contributed by atoms with E-state index in [1.807, 2.05) is 46.8 Å². The van der Waals surface area contributed by atoms with Gasteiger partial charge in [0.25, 0.3) is 11.8 Å². The summed E-state index contributed by atoms with van der Waals surface area (Å²) in [7, 11) is 1.66. The fraction of sp³-hybridized carbons (Fsp3) is 0.345. The number of aryl methyl sites for hydroxylation is 3. The number of rotatable bonds is 7. The normalized spacial score (nSPS) is 15.0. The van der Waals surface area contributed by atoms with Crippen molar-refractivity contribution < 1.29 is 14.3 Å². The molecule has 3 heterocycles. The van der Waals surface area contributed by atoms with Crippen molar-refractivity contribution in [2.75, 3.05) is 13.7 Å². The maximum atomic E-state index is 13.5. The zero-order valence-electron chi connectivity index (χ0n) is 21.2. The van der Waals surface area contributed by atoms with Gasteiger partial charge in [0.05, 0.1) is 13.7 Å². The van der Waals surface area contributed by atoms with Crippen LogP contribution in [0.25, 0.3) is 10.9 Å². The van der Waals surface area contributed by atoms with Crippen LogP contribution in [0.3, 0.4) is 0 Å². The Morgan fingerprint density at radius 2 is 1.95 bits per heavy atom. The van der Waals surface area contributed by atoms with Gasteiger partial charge in [-0.25, -0.2) is 0 Å². The zero-order chi connectivity index (χ0) is 25.5. The molecule has 2 aromatic carbocycles. The number of nitrogens with one attached hydrogen (secondary N) is 2. The SMILES string of the molecule is COc1ccc(CCn2nc(C(=O)NC3CC3)c3c2CCN(C(=O)c2cc4cc(C)ccc4[nH]2)C3)cc1. The molecule has 6 rings (SSSR count). The van der Waals surface area contributed by atoms with E-state index in [-0.39, 0.29) is 17.9 Å². The molecule has 0 unspecified atom stereocenters. The Labute approximate surface area is 215 Å². The second-order valence-corrected chi connectivity index (χ2v) is 10.1. The summed E-state index contributed by atoms with van der Waals surface area (Å²) in [4.78, 5) is 31.7. The Morgan fingerprint density at radius 1 is 1.14 bits per heavy atom. The minimum absolute atomic E-state index is 0.0564. The molecule has 37 heavy (non-hydrogen) atoms. The van der Waals surface area contributed by atoms with Crippen LogP contribution in [0.15, 0.2) is 48.5 Å². The lowest BCUT2D eigenvalue weighted by Gasteiger charge is -2.27. The molecule has 1 aliphatic carbocycles. The van der Waals surface area contributed by atoms with E-state index in [0.717, 1.165) is 52.7 Å². The highest BCUT2D eigenvalue weighted by molar-refractivity contribution is 5.99. The third-order valence-corrected chi connectivity index (χ3v) is 7.33. The number of amides is 2. The molecular weight excluding hydrogens is 466 g/mol. The molecule has 0 bridgehead atoms. The van der Waals surface area contributed by atoms with Crippen molar-refractivity contribution in [1.82, 2.24) is 25.0 Å². The van der Waals surface area contributed by atoms with Crippen LogP contribution in [0.4, 0.5) is 0 Å². The van der Waals surface area contributed by atoms with Crippen LogP contribution in [0, 0.1) is 6.92 Å². The number of hydrogen-bond donors (Lipinski definition) is 2. The zero-order valence-corrected chi connectivity index (χ0v) is 21.2. The molecule has 2 aromatic heterocycles. The second kappa shape index (κ2) is 9.42. The fourth-order valence-corrected chi connectivity index (χ4v) is 5.08. The minimum Gasteiger partial charge on any atom is -0.497 e. The number of methoxy groups -OCH3 is 1. The van der Waals surface area contributed by atoms with Gasteiger partial charge in [-0.05, 0) is 62.1 Å². The van der Waals surface area contributed by atoms with Crippen LogP contribution in [0.2, 0.25) is 0 Å². The molecule has 1 saturated carbocycles. The van der Waals surface area contributed by atoms with E-state index in [0.29, 0.717) is 37.4 Å². The Morgan fingerprint density at radius 3 is 2.70 bits per heavy atom. The Bertz CT molecular complexity index is 1480. The van der Waals surface area contributed by atoms with Crippen LogP contribution in [-0.2, 0) is 25.9 Å². The highest BCUT2D eigenvalue weighted by Crippen LogP contribution is 2.27. The molecule has 0 atom stereocenters. The molecule has 2 aliphatic rings. The maximum absolute atomic E-state index is 13.5. The van der Waals surface area contributed by atoms with Crippen molar-refractivity contribution in [3.63, 3.8) is 0 Å². The number of H-pyrrole nitrogens is 1. The Hall–Kier alpha value is -4.07. The van der Waals surface area contributed by atoms with Crippen molar-refractivity contribution in [2.24, 2.45) is 0 Å². The molecule has 190 valence electrons. The highest BCUT2D eigenvalue weighted by atomic mass is 16.5. The number of aromatic amines is 1. The lowest BCUT2D eigenvalue weighted by atomic mass is 10.0. The quantitative estimate of drug-likeness (QED) is 0.404. The van der Waals surface area contributed by atoms with Gasteiger partial charge in [-0.15, -0.1) is 0 Å². The van der Waals surface area contributed by atoms with Crippen LogP contribution in [0.1, 0.15) is 56.2 Å². The van der Waals surface area contributed by atoms with E-state index in [9.17, 15) is 9.59 Å². The van der Waals surface area contributed by atoms with Crippen molar-refractivity contribution in [1.29, 1.82) is 0 Å². The summed E-state index contributed by atoms with van der Waals surface area (Å²) >= 11 is 0. The largest absolute Gasteiger partial charge is 0.497 e. The first-order valence-corrected chi connectivity index (χ1v) is 12.9. The highest BCUT2D eigenvalue weighted by Gasteiger charge is 2.33. The molecule has 0 radical (unpaired) electrons. The number of nitrogens with zero attached hydrogens (tertiary/aromatic N) is 3. The molecule has 8 heteroatoms. The summed E-state index contributed by atoms with van der Waals surface area (Å²) in [6.45, 7) is 3.66. The predicted molar refractivity (Wildman–Crippen MR) is 141 cm³/mol. The number of carbonyl (C=O) groups excluding carboxylic acids is 2. The van der Waals surface area contributed by atoms with E-state index in [1.165, 1.54) is 5.56 Å². The monoisotopic (exact) mass is 497 g/mol. The third-order valence-electron chi connectivity index (χ3n) is 7.33. The van der Waals surface area contributed by atoms with E-state index in [1.54, 1.807) is 7.11 Å². The summed E-state index contributed by atoms with van der Waals surface area (Å²) in [5.41, 5.74) is 6.20. The predicted octanol–water partition coefficient (Wildman–Crippen LogP) is 4.01. The molecule has 1 fully saturated rings. The first-order chi connectivity index (χ1) is 18.0. The summed E-state index contributed by atoms with van der Waals surface area (Å²) in [5, 5.41) is 8.87. The molecular formula is C29H31N5O3. The first kappa shape index (κ1) is 23.3. The molecule has 0 spiro atoms. The van der Waals surface area contributed by atoms with Gasteiger partial charge >= 0.3 is 0 Å². The van der Waals surface area contributed by atoms with Crippen molar-refractivity contribution in [2.45, 2.75) is 51.7 Å². The Kier molecular flexibility index (Phi) is 5.94. The van der Waals surface area contributed by atoms with Gasteiger partial charge < -0.3 is 19.9 Å². The smallest absolute Gasteiger partial charge is 0.272 e. The van der Waals surface area contributed by atoms with Gasteiger partial charge in [0.15, 0.2) is 5.69 Å². The Balaban J connectivity index is 1.25. The molecule has 8 nitrogen and oxygen atoms in total. The average molecular weight is 498 g/mol. The van der Waals surface area contributed by atoms with Crippen molar-refractivity contribution >= 4 is 22.7 Å². The maximum Gasteiger partial charge on any atom is 0.272 e. The third kappa shape index (κ3) is 4.71. The standard InChI is InChI=1S/C29H31N5O3/c1-18-3-10-24-20(15-18)16-25(31-24)29(36)33-13-12-26-23(17-33)27(28(35)30-21-6-7-21)32-34(26)14-11-19-4-8-22(37-2)9-5-19/h3-5,8-10,15-16,21,31H,6-7,11-14,17H2,1-2H3,(H,30,35). The summed E-state index contributed by atoms with van der Waals surface area (Å²) in [6.07, 6.45) is 3.47. The van der Waals surface area contributed by atoms with E-state index >= 15 is 0 Å². The minimum atomic E-state index is -0.141. The van der Waals surface area contributed by atoms with Gasteiger partial charge in [0.1, 0.15) is 11.4 Å². The van der Waals surface area contributed by atoms with Gasteiger partial charge in [-0.2, -0.15) is 5.10 Å². The van der Waals surface area contributed by atoms with Crippen LogP contribution in [0.5, 0.6) is 5.75 Å². The number of ether oxygens (including phenoxy) is 1. The van der Waals surface area contributed by atoms with Gasteiger partial charge in [-0.3, -0.25) is 14.3 Å². The molecule has 1 aliphatic heterocycles. The van der Waals surface area contributed by atoms with Gasteiger partial charge in [-0.1, -0.05) is 23.8 Å². The summed E-state index contributed by atoms with van der Waals surface area (Å²) in [6, 6.07) is 16.3. The topological polar surface area (TPSA) is 92.2 Å². The van der Waals surface area contributed by atoms with Crippen LogP contribution in [-0.4, -0.2) is 51.2 Å². The fourth-order valence-electron chi connectivity index (χ4n) is 5.08. The molecule has 4 aromatic rings. The summed E-state index contributed by atoms with van der Waals surface area (Å²) < 4.78 is 7.23. The number of fused-ring (bicyclic) bond motifs is 2. The first-order valence-electron chi connectivity index (χ1n) is 12.9. The van der Waals surface area contributed by atoms with Crippen molar-refractivity contribution in [3.05, 3.63) is 82.3 Å². The number of benzene rings is 2. The molecule has 2 amide bonds. The van der Waals surface area contributed by atoms with Crippen LogP contribution < -0.4 is 10.1 Å². The second-order valence-electron chi connectivity index (χ2n) is 10.1. The number of hydrogen-bond acceptors (Lipinski definition) is 4. The van der Waals surface area contributed by atoms with Crippen molar-refractivity contribution in [3.8, 4) is 5.75 Å². The lowest BCUT2D eigenvalue weighted by molar-refractivity contribution is 0.0725. The van der Waals surface area contributed by atoms with Gasteiger partial charge in [0.2, 0.25) is 0 Å². The number of aromatic nitrogens is 3. The van der Waals surface area contributed by atoms with E-state index in [2.05, 4.69) is 28.5 Å². The lowest BCUT2D eigenvalue weighted by Crippen LogP contribution is -2.37. The number of carbonyl (C=O) groups is 2.